The first kappa shape index (κ1) is 12.9. The van der Waals surface area contributed by atoms with Crippen molar-refractivity contribution in [2.75, 3.05) is 12.4 Å². The number of fused-ring (bicyclic) bond motifs is 1. The van der Waals surface area contributed by atoms with Gasteiger partial charge in [-0.05, 0) is 42.2 Å². The summed E-state index contributed by atoms with van der Waals surface area (Å²) in [6, 6.07) is 8.12. The summed E-state index contributed by atoms with van der Waals surface area (Å²) in [4.78, 5) is 0. The van der Waals surface area contributed by atoms with Gasteiger partial charge in [-0.1, -0.05) is 12.1 Å². The normalized spacial score (nSPS) is 16.7. The maximum atomic E-state index is 13.7. The van der Waals surface area contributed by atoms with Gasteiger partial charge in [0.15, 0.2) is 0 Å². The van der Waals surface area contributed by atoms with E-state index in [1.165, 1.54) is 6.07 Å². The number of methoxy groups -OCH3 is 1. The van der Waals surface area contributed by atoms with Crippen LogP contribution in [0, 0.1) is 18.6 Å². The molecule has 0 saturated carbocycles. The van der Waals surface area contributed by atoms with Crippen LogP contribution >= 0.6 is 0 Å². The van der Waals surface area contributed by atoms with Gasteiger partial charge in [-0.25, -0.2) is 8.78 Å². The Morgan fingerprint density at radius 1 is 1.20 bits per heavy atom. The molecule has 0 saturated heterocycles. The van der Waals surface area contributed by atoms with Crippen LogP contribution in [-0.2, 0) is 6.42 Å². The van der Waals surface area contributed by atoms with Crippen molar-refractivity contribution < 1.29 is 13.5 Å². The van der Waals surface area contributed by atoms with Crippen LogP contribution in [0.5, 0.6) is 5.75 Å². The summed E-state index contributed by atoms with van der Waals surface area (Å²) in [6.45, 7) is 1.96. The minimum Gasteiger partial charge on any atom is -0.496 e. The van der Waals surface area contributed by atoms with Gasteiger partial charge < -0.3 is 10.1 Å². The molecule has 1 N–H and O–H groups in total. The Balaban J connectivity index is 1.92. The molecular formula is C16H15F2NO. The van der Waals surface area contributed by atoms with Crippen LogP contribution in [0.2, 0.25) is 0 Å². The smallest absolute Gasteiger partial charge is 0.149 e. The van der Waals surface area contributed by atoms with Crippen LogP contribution in [0.15, 0.2) is 30.3 Å². The van der Waals surface area contributed by atoms with Crippen molar-refractivity contribution in [2.24, 2.45) is 0 Å². The monoisotopic (exact) mass is 275 g/mol. The number of hydrogen-bond acceptors (Lipinski definition) is 2. The van der Waals surface area contributed by atoms with Crippen molar-refractivity contribution in [1.82, 2.24) is 0 Å². The molecule has 2 aromatic carbocycles. The van der Waals surface area contributed by atoms with Gasteiger partial charge in [0.2, 0.25) is 0 Å². The molecule has 0 aliphatic carbocycles. The third kappa shape index (κ3) is 2.11. The van der Waals surface area contributed by atoms with Crippen molar-refractivity contribution >= 4 is 5.69 Å². The quantitative estimate of drug-likeness (QED) is 0.894. The van der Waals surface area contributed by atoms with Gasteiger partial charge in [-0.15, -0.1) is 0 Å². The third-order valence-corrected chi connectivity index (χ3v) is 3.70. The highest BCUT2D eigenvalue weighted by atomic mass is 19.1. The molecule has 1 atom stereocenters. The number of rotatable bonds is 2. The average Bonchev–Trinajstić information content (AvgIpc) is 2.82. The summed E-state index contributed by atoms with van der Waals surface area (Å²) >= 11 is 0. The molecule has 0 aromatic heterocycles. The zero-order chi connectivity index (χ0) is 14.3. The topological polar surface area (TPSA) is 21.3 Å². The van der Waals surface area contributed by atoms with E-state index in [9.17, 15) is 8.78 Å². The van der Waals surface area contributed by atoms with Crippen LogP contribution in [-0.4, -0.2) is 7.11 Å². The standard InChI is InChI=1S/C16H15F2NO/c1-9-5-10(3-4-15(9)20-2)14-7-11-6-12(17)8-13(18)16(11)19-14/h3-6,8,14,19H,7H2,1-2H3. The summed E-state index contributed by atoms with van der Waals surface area (Å²) in [5.41, 5.74) is 3.15. The van der Waals surface area contributed by atoms with E-state index in [1.807, 2.05) is 25.1 Å². The highest BCUT2D eigenvalue weighted by Gasteiger charge is 2.25. The molecule has 3 rings (SSSR count). The van der Waals surface area contributed by atoms with Gasteiger partial charge in [0, 0.05) is 6.07 Å². The lowest BCUT2D eigenvalue weighted by Gasteiger charge is -2.14. The molecule has 2 nitrogen and oxygen atoms in total. The van der Waals surface area contributed by atoms with E-state index in [4.69, 9.17) is 4.74 Å². The first-order valence-corrected chi connectivity index (χ1v) is 6.47. The van der Waals surface area contributed by atoms with E-state index >= 15 is 0 Å². The molecule has 4 heteroatoms. The van der Waals surface area contributed by atoms with Crippen molar-refractivity contribution in [3.63, 3.8) is 0 Å². The summed E-state index contributed by atoms with van der Waals surface area (Å²) in [6.07, 6.45) is 0.579. The van der Waals surface area contributed by atoms with Gasteiger partial charge in [-0.2, -0.15) is 0 Å². The van der Waals surface area contributed by atoms with Crippen LogP contribution in [0.3, 0.4) is 0 Å². The number of halogens is 2. The Kier molecular flexibility index (Phi) is 3.08. The fourth-order valence-electron chi connectivity index (χ4n) is 2.71. The second-order valence-electron chi connectivity index (χ2n) is 5.05. The first-order chi connectivity index (χ1) is 9.58. The molecule has 1 unspecified atom stereocenters. The zero-order valence-corrected chi connectivity index (χ0v) is 11.3. The largest absolute Gasteiger partial charge is 0.496 e. The fourth-order valence-corrected chi connectivity index (χ4v) is 2.71. The van der Waals surface area contributed by atoms with Crippen molar-refractivity contribution in [1.29, 1.82) is 0 Å². The minimum atomic E-state index is -0.535. The van der Waals surface area contributed by atoms with Gasteiger partial charge in [0.1, 0.15) is 17.4 Å². The Morgan fingerprint density at radius 3 is 2.70 bits per heavy atom. The number of hydrogen-bond donors (Lipinski definition) is 1. The summed E-state index contributed by atoms with van der Waals surface area (Å²) in [5.74, 6) is -0.246. The molecular weight excluding hydrogens is 260 g/mol. The maximum Gasteiger partial charge on any atom is 0.149 e. The average molecular weight is 275 g/mol. The predicted octanol–water partition coefficient (Wildman–Crippen LogP) is 3.99. The fraction of sp³-hybridized carbons (Fsp3) is 0.250. The zero-order valence-electron chi connectivity index (χ0n) is 11.3. The van der Waals surface area contributed by atoms with E-state index in [0.29, 0.717) is 17.7 Å². The lowest BCUT2D eigenvalue weighted by Crippen LogP contribution is -2.06. The lowest BCUT2D eigenvalue weighted by atomic mass is 10.0. The van der Waals surface area contributed by atoms with E-state index in [1.54, 1.807) is 7.11 Å². The second-order valence-corrected chi connectivity index (χ2v) is 5.05. The molecule has 2 aromatic rings. The van der Waals surface area contributed by atoms with Gasteiger partial charge in [0.05, 0.1) is 18.8 Å². The molecule has 0 fully saturated rings. The Labute approximate surface area is 116 Å². The first-order valence-electron chi connectivity index (χ1n) is 6.47. The van der Waals surface area contributed by atoms with Gasteiger partial charge in [0.25, 0.3) is 0 Å². The highest BCUT2D eigenvalue weighted by molar-refractivity contribution is 5.59. The lowest BCUT2D eigenvalue weighted by molar-refractivity contribution is 0.411. The van der Waals surface area contributed by atoms with Crippen molar-refractivity contribution in [2.45, 2.75) is 19.4 Å². The Morgan fingerprint density at radius 2 is 2.00 bits per heavy atom. The van der Waals surface area contributed by atoms with Crippen LogP contribution in [0.25, 0.3) is 0 Å². The minimum absolute atomic E-state index is 0.0362. The number of nitrogens with one attached hydrogen (secondary N) is 1. The molecule has 1 heterocycles. The van der Waals surface area contributed by atoms with E-state index in [0.717, 1.165) is 22.9 Å². The van der Waals surface area contributed by atoms with Crippen LogP contribution in [0.4, 0.5) is 14.5 Å². The summed E-state index contributed by atoms with van der Waals surface area (Å²) in [7, 11) is 1.63. The Bertz CT molecular complexity index is 670. The van der Waals surface area contributed by atoms with Crippen molar-refractivity contribution in [3.05, 3.63) is 58.7 Å². The van der Waals surface area contributed by atoms with Gasteiger partial charge >= 0.3 is 0 Å². The molecule has 0 spiro atoms. The second kappa shape index (κ2) is 4.78. The molecule has 0 radical (unpaired) electrons. The third-order valence-electron chi connectivity index (χ3n) is 3.70. The van der Waals surface area contributed by atoms with Crippen LogP contribution in [0.1, 0.15) is 22.7 Å². The number of ether oxygens (including phenoxy) is 1. The Hall–Kier alpha value is -2.10. The predicted molar refractivity (Wildman–Crippen MR) is 74.2 cm³/mol. The van der Waals surface area contributed by atoms with E-state index in [-0.39, 0.29) is 6.04 Å². The summed E-state index contributed by atoms with van der Waals surface area (Å²) in [5, 5.41) is 3.13. The molecule has 0 bridgehead atoms. The molecule has 0 amide bonds. The summed E-state index contributed by atoms with van der Waals surface area (Å²) < 4.78 is 32.2. The van der Waals surface area contributed by atoms with E-state index < -0.39 is 11.6 Å². The van der Waals surface area contributed by atoms with E-state index in [2.05, 4.69) is 5.32 Å². The molecule has 20 heavy (non-hydrogen) atoms. The van der Waals surface area contributed by atoms with Crippen molar-refractivity contribution in [3.8, 4) is 5.75 Å². The maximum absolute atomic E-state index is 13.7. The van der Waals surface area contributed by atoms with Gasteiger partial charge in [-0.3, -0.25) is 0 Å². The molecule has 1 aliphatic rings. The molecule has 104 valence electrons. The highest BCUT2D eigenvalue weighted by Crippen LogP contribution is 2.37. The SMILES string of the molecule is COc1ccc(C2Cc3cc(F)cc(F)c3N2)cc1C. The van der Waals surface area contributed by atoms with Crippen LogP contribution < -0.4 is 10.1 Å². The molecule has 1 aliphatic heterocycles. The number of benzene rings is 2. The number of anilines is 1. The number of aryl methyl sites for hydroxylation is 1.